The predicted octanol–water partition coefficient (Wildman–Crippen LogP) is 3.75. The Labute approximate surface area is 148 Å². The molecule has 0 radical (unpaired) electrons. The Kier molecular flexibility index (Phi) is 5.41. The maximum Gasteiger partial charge on any atom is 0.408 e. The minimum absolute atomic E-state index is 0.164. The molecule has 1 amide bonds. The van der Waals surface area contributed by atoms with E-state index in [1.54, 1.807) is 18.2 Å². The smallest absolute Gasteiger partial charge is 0.408 e. The van der Waals surface area contributed by atoms with Crippen molar-refractivity contribution in [2.24, 2.45) is 0 Å². The summed E-state index contributed by atoms with van der Waals surface area (Å²) < 4.78 is 5.84. The quantitative estimate of drug-likeness (QED) is 0.718. The molecule has 0 aliphatic heterocycles. The fraction of sp³-hybridized carbons (Fsp3) is 0.316. The highest BCUT2D eigenvalue weighted by atomic mass is 16.5. The largest absolute Gasteiger partial charge is 0.491 e. The number of hydrogen-bond donors (Lipinski definition) is 3. The third kappa shape index (κ3) is 4.56. The minimum atomic E-state index is -0.998. The first-order chi connectivity index (χ1) is 11.7. The fourth-order valence-electron chi connectivity index (χ4n) is 2.70. The lowest BCUT2D eigenvalue weighted by Gasteiger charge is -2.39. The lowest BCUT2D eigenvalue weighted by atomic mass is 9.99. The molecule has 6 heteroatoms. The first kappa shape index (κ1) is 18.4. The molecular formula is C19H25N3O3. The molecule has 2 aromatic carbocycles. The minimum Gasteiger partial charge on any atom is -0.491 e. The van der Waals surface area contributed by atoms with E-state index in [9.17, 15) is 9.90 Å². The zero-order valence-corrected chi connectivity index (χ0v) is 14.8. The molecule has 2 rings (SSSR count). The first-order valence-electron chi connectivity index (χ1n) is 8.05. The van der Waals surface area contributed by atoms with Crippen molar-refractivity contribution in [1.82, 2.24) is 4.90 Å². The molecule has 0 saturated heterocycles. The third-order valence-corrected chi connectivity index (χ3v) is 3.89. The van der Waals surface area contributed by atoms with Gasteiger partial charge in [0.2, 0.25) is 0 Å². The van der Waals surface area contributed by atoms with E-state index in [4.69, 9.17) is 16.2 Å². The van der Waals surface area contributed by atoms with Crippen LogP contribution in [0.3, 0.4) is 0 Å². The van der Waals surface area contributed by atoms with Crippen molar-refractivity contribution in [2.75, 3.05) is 18.1 Å². The van der Waals surface area contributed by atoms with E-state index in [2.05, 4.69) is 0 Å². The molecule has 0 bridgehead atoms. The SMILES string of the molecule is CC(C)(C)N(C(=O)O)[C@@H](COc1ccc(N)c(N)c1)c1ccccc1. The molecule has 2 aromatic rings. The Morgan fingerprint density at radius 3 is 2.28 bits per heavy atom. The van der Waals surface area contributed by atoms with Crippen LogP contribution in [0.4, 0.5) is 16.2 Å². The summed E-state index contributed by atoms with van der Waals surface area (Å²) >= 11 is 0. The first-order valence-corrected chi connectivity index (χ1v) is 8.05. The summed E-state index contributed by atoms with van der Waals surface area (Å²) in [5.41, 5.74) is 12.7. The van der Waals surface area contributed by atoms with Crippen molar-refractivity contribution in [3.8, 4) is 5.75 Å². The molecule has 0 fully saturated rings. The highest BCUT2D eigenvalue weighted by Crippen LogP contribution is 2.30. The molecule has 134 valence electrons. The van der Waals surface area contributed by atoms with Crippen LogP contribution in [0.25, 0.3) is 0 Å². The lowest BCUT2D eigenvalue weighted by molar-refractivity contribution is 0.0506. The summed E-state index contributed by atoms with van der Waals surface area (Å²) in [6.45, 7) is 5.74. The molecule has 0 aliphatic carbocycles. The van der Waals surface area contributed by atoms with E-state index in [-0.39, 0.29) is 6.61 Å². The van der Waals surface area contributed by atoms with Crippen LogP contribution in [0.1, 0.15) is 32.4 Å². The fourth-order valence-corrected chi connectivity index (χ4v) is 2.70. The summed E-state index contributed by atoms with van der Waals surface area (Å²) in [5, 5.41) is 9.75. The Morgan fingerprint density at radius 1 is 1.12 bits per heavy atom. The Morgan fingerprint density at radius 2 is 1.76 bits per heavy atom. The topological polar surface area (TPSA) is 102 Å². The van der Waals surface area contributed by atoms with Gasteiger partial charge in [0, 0.05) is 11.6 Å². The molecule has 0 heterocycles. The Bertz CT molecular complexity index is 726. The van der Waals surface area contributed by atoms with Gasteiger partial charge < -0.3 is 21.3 Å². The van der Waals surface area contributed by atoms with Crippen LogP contribution in [0.2, 0.25) is 0 Å². The number of ether oxygens (including phenoxy) is 1. The second kappa shape index (κ2) is 7.34. The molecule has 0 saturated carbocycles. The number of rotatable bonds is 5. The average Bonchev–Trinajstić information content (AvgIpc) is 2.53. The second-order valence-corrected chi connectivity index (χ2v) is 6.85. The molecule has 25 heavy (non-hydrogen) atoms. The maximum atomic E-state index is 11.9. The van der Waals surface area contributed by atoms with Crippen LogP contribution >= 0.6 is 0 Å². The van der Waals surface area contributed by atoms with Gasteiger partial charge in [0.15, 0.2) is 0 Å². The van der Waals surface area contributed by atoms with Crippen molar-refractivity contribution >= 4 is 17.5 Å². The summed E-state index contributed by atoms with van der Waals surface area (Å²) in [6, 6.07) is 14.0. The summed E-state index contributed by atoms with van der Waals surface area (Å²) in [7, 11) is 0. The number of nitrogen functional groups attached to an aromatic ring is 2. The van der Waals surface area contributed by atoms with Gasteiger partial charge in [-0.3, -0.25) is 4.90 Å². The van der Waals surface area contributed by atoms with Gasteiger partial charge in [0.05, 0.1) is 17.4 Å². The Hall–Kier alpha value is -2.89. The summed E-state index contributed by atoms with van der Waals surface area (Å²) in [6.07, 6.45) is -0.998. The number of nitrogens with two attached hydrogens (primary N) is 2. The van der Waals surface area contributed by atoms with E-state index in [1.807, 2.05) is 51.1 Å². The van der Waals surface area contributed by atoms with E-state index in [0.29, 0.717) is 17.1 Å². The summed E-state index contributed by atoms with van der Waals surface area (Å²) in [5.74, 6) is 0.548. The molecule has 0 spiro atoms. The normalized spacial score (nSPS) is 12.4. The monoisotopic (exact) mass is 343 g/mol. The number of carboxylic acid groups (broad SMARTS) is 1. The highest BCUT2D eigenvalue weighted by molar-refractivity contribution is 5.67. The number of anilines is 2. The molecular weight excluding hydrogens is 318 g/mol. The van der Waals surface area contributed by atoms with Crippen molar-refractivity contribution < 1.29 is 14.6 Å². The maximum absolute atomic E-state index is 11.9. The van der Waals surface area contributed by atoms with E-state index in [1.165, 1.54) is 4.90 Å². The van der Waals surface area contributed by atoms with Crippen LogP contribution < -0.4 is 16.2 Å². The van der Waals surface area contributed by atoms with Gasteiger partial charge in [-0.2, -0.15) is 0 Å². The van der Waals surface area contributed by atoms with E-state index < -0.39 is 17.7 Å². The number of benzene rings is 2. The number of hydrogen-bond acceptors (Lipinski definition) is 4. The van der Waals surface area contributed by atoms with Crippen LogP contribution in [0, 0.1) is 0 Å². The van der Waals surface area contributed by atoms with Gasteiger partial charge >= 0.3 is 6.09 Å². The highest BCUT2D eigenvalue weighted by Gasteiger charge is 2.34. The van der Waals surface area contributed by atoms with Crippen molar-refractivity contribution in [3.63, 3.8) is 0 Å². The van der Waals surface area contributed by atoms with Crippen LogP contribution in [0.15, 0.2) is 48.5 Å². The third-order valence-electron chi connectivity index (χ3n) is 3.89. The van der Waals surface area contributed by atoms with Crippen LogP contribution in [-0.2, 0) is 0 Å². The summed E-state index contributed by atoms with van der Waals surface area (Å²) in [4.78, 5) is 13.3. The van der Waals surface area contributed by atoms with Gasteiger partial charge in [-0.25, -0.2) is 4.79 Å². The number of carbonyl (C=O) groups is 1. The van der Waals surface area contributed by atoms with Crippen molar-refractivity contribution in [3.05, 3.63) is 54.1 Å². The van der Waals surface area contributed by atoms with Gasteiger partial charge in [-0.15, -0.1) is 0 Å². The molecule has 1 atom stereocenters. The standard InChI is InChI=1S/C19H25N3O3/c1-19(2,3)22(18(23)24)17(13-7-5-4-6-8-13)12-25-14-9-10-15(20)16(21)11-14/h4-11,17H,12,20-21H2,1-3H3,(H,23,24)/t17-/m0/s1. The van der Waals surface area contributed by atoms with Crippen molar-refractivity contribution in [1.29, 1.82) is 0 Å². The molecule has 6 nitrogen and oxygen atoms in total. The molecule has 0 aliphatic rings. The second-order valence-electron chi connectivity index (χ2n) is 6.85. The lowest BCUT2D eigenvalue weighted by Crippen LogP contribution is -2.48. The molecule has 5 N–H and O–H groups in total. The van der Waals surface area contributed by atoms with Gasteiger partial charge in [0.25, 0.3) is 0 Å². The zero-order valence-electron chi connectivity index (χ0n) is 14.8. The predicted molar refractivity (Wildman–Crippen MR) is 99.6 cm³/mol. The van der Waals surface area contributed by atoms with E-state index >= 15 is 0 Å². The molecule has 0 unspecified atom stereocenters. The van der Waals surface area contributed by atoms with Gasteiger partial charge in [0.1, 0.15) is 12.4 Å². The molecule has 0 aromatic heterocycles. The average molecular weight is 343 g/mol. The van der Waals surface area contributed by atoms with Crippen LogP contribution in [0.5, 0.6) is 5.75 Å². The zero-order chi connectivity index (χ0) is 18.6. The number of nitrogens with zero attached hydrogens (tertiary/aromatic N) is 1. The van der Waals surface area contributed by atoms with Gasteiger partial charge in [-0.05, 0) is 38.5 Å². The Balaban J connectivity index is 2.31. The van der Waals surface area contributed by atoms with Gasteiger partial charge in [-0.1, -0.05) is 30.3 Å². The van der Waals surface area contributed by atoms with Crippen LogP contribution in [-0.4, -0.2) is 28.2 Å². The van der Waals surface area contributed by atoms with E-state index in [0.717, 1.165) is 5.56 Å². The number of amides is 1. The van der Waals surface area contributed by atoms with Crippen molar-refractivity contribution in [2.45, 2.75) is 32.4 Å².